The van der Waals surface area contributed by atoms with E-state index in [0.29, 0.717) is 33.5 Å². The maximum atomic E-state index is 12.0. The molecule has 0 amide bonds. The Morgan fingerprint density at radius 2 is 1.40 bits per heavy atom. The first-order valence-corrected chi connectivity index (χ1v) is 16.2. The second kappa shape index (κ2) is 12.5. The molecule has 0 atom stereocenters. The largest absolute Gasteiger partial charge is 0.507 e. The van der Waals surface area contributed by atoms with E-state index in [4.69, 9.17) is 17.3 Å². The number of nitrogens with zero attached hydrogens (tertiary/aromatic N) is 4. The SMILES string of the molecule is [2H]C([2H])([2H])C(c1cc(-c2ccc(C#N)cn2)cc(-c2cccc3c2nc(-c2cccc(C(C)(C)C)c2O)n3-c2ccccc2-c2ccccc2)c1)(C([2H])([2H])[2H])C([2H])([2H])[2H]. The Kier molecular flexibility index (Phi) is 5.83. The van der Waals surface area contributed by atoms with Gasteiger partial charge in [-0.1, -0.05) is 120 Å². The van der Waals surface area contributed by atoms with Crippen molar-refractivity contribution in [2.75, 3.05) is 0 Å². The van der Waals surface area contributed by atoms with E-state index >= 15 is 0 Å². The van der Waals surface area contributed by atoms with Crippen LogP contribution >= 0.6 is 0 Å². The molecule has 0 aliphatic rings. The molecule has 0 saturated carbocycles. The summed E-state index contributed by atoms with van der Waals surface area (Å²) in [6, 6.07) is 37.8. The molecule has 1 N–H and O–H groups in total. The predicted molar refractivity (Wildman–Crippen MR) is 204 cm³/mol. The molecule has 246 valence electrons. The maximum absolute atomic E-state index is 12.0. The van der Waals surface area contributed by atoms with Crippen LogP contribution < -0.4 is 0 Å². The first kappa shape index (κ1) is 23.4. The quantitative estimate of drug-likeness (QED) is 0.199. The fourth-order valence-corrected chi connectivity index (χ4v) is 6.39. The van der Waals surface area contributed by atoms with E-state index in [-0.39, 0.29) is 28.1 Å². The van der Waals surface area contributed by atoms with Gasteiger partial charge in [0.25, 0.3) is 0 Å². The molecule has 0 aliphatic carbocycles. The summed E-state index contributed by atoms with van der Waals surface area (Å²) in [6.07, 6.45) is 1.32. The molecule has 5 aromatic carbocycles. The van der Waals surface area contributed by atoms with Gasteiger partial charge in [0.1, 0.15) is 17.6 Å². The zero-order valence-corrected chi connectivity index (χ0v) is 27.9. The number of pyridine rings is 1. The summed E-state index contributed by atoms with van der Waals surface area (Å²) in [5.74, 6) is 0.440. The minimum atomic E-state index is -3.53. The summed E-state index contributed by atoms with van der Waals surface area (Å²) in [7, 11) is 0. The van der Waals surface area contributed by atoms with Gasteiger partial charge in [-0.3, -0.25) is 9.55 Å². The van der Waals surface area contributed by atoms with Gasteiger partial charge in [-0.25, -0.2) is 4.98 Å². The van der Waals surface area contributed by atoms with Gasteiger partial charge in [0.15, 0.2) is 0 Å². The average molecular weight is 662 g/mol. The Hall–Kier alpha value is -5.99. The van der Waals surface area contributed by atoms with Crippen molar-refractivity contribution in [3.05, 3.63) is 144 Å². The second-order valence-electron chi connectivity index (χ2n) is 13.4. The molecule has 0 fully saturated rings. The van der Waals surface area contributed by atoms with Crippen LogP contribution in [0, 0.1) is 11.3 Å². The van der Waals surface area contributed by atoms with E-state index in [1.165, 1.54) is 30.5 Å². The van der Waals surface area contributed by atoms with Crippen LogP contribution in [0.4, 0.5) is 0 Å². The van der Waals surface area contributed by atoms with Gasteiger partial charge in [0.05, 0.1) is 33.5 Å². The highest BCUT2D eigenvalue weighted by Gasteiger charge is 2.26. The Morgan fingerprint density at radius 1 is 0.700 bits per heavy atom. The standard InChI is InChI=1S/C45H40N4O/c1-44(2,3)33-25-31(24-32(26-33)38-23-22-29(27-46)28-47-38)35-17-13-21-40-41(35)48-43(36-18-12-19-37(42(36)50)45(4,5)6)49(40)39-20-11-10-16-34(39)30-14-8-7-9-15-30/h7-26,28,50H,1-6H3/i1D3,2D3,3D3. The zero-order valence-electron chi connectivity index (χ0n) is 36.9. The number of phenolic OH excluding ortho intramolecular Hbond substituents is 1. The number of aromatic hydroxyl groups is 1. The topological polar surface area (TPSA) is 74.7 Å². The van der Waals surface area contributed by atoms with E-state index < -0.39 is 36.9 Å². The van der Waals surface area contributed by atoms with E-state index in [1.807, 2.05) is 104 Å². The Balaban J connectivity index is 1.62. The van der Waals surface area contributed by atoms with Gasteiger partial charge in [-0.2, -0.15) is 5.26 Å². The lowest BCUT2D eigenvalue weighted by Gasteiger charge is -2.22. The molecule has 0 aliphatic heterocycles. The van der Waals surface area contributed by atoms with Crippen molar-refractivity contribution in [2.24, 2.45) is 0 Å². The fourth-order valence-electron chi connectivity index (χ4n) is 6.39. The third-order valence-corrected chi connectivity index (χ3v) is 8.87. The molecule has 0 saturated heterocycles. The van der Waals surface area contributed by atoms with Crippen molar-refractivity contribution in [3.8, 4) is 62.4 Å². The number of benzene rings is 5. The highest BCUT2D eigenvalue weighted by Crippen LogP contribution is 2.43. The van der Waals surface area contributed by atoms with Gasteiger partial charge in [-0.15, -0.1) is 0 Å². The van der Waals surface area contributed by atoms with Gasteiger partial charge >= 0.3 is 0 Å². The zero-order chi connectivity index (χ0) is 42.7. The maximum Gasteiger partial charge on any atom is 0.149 e. The Bertz CT molecular complexity index is 2700. The number of rotatable bonds is 5. The van der Waals surface area contributed by atoms with Crippen molar-refractivity contribution in [1.29, 1.82) is 5.26 Å². The number of imidazole rings is 1. The summed E-state index contributed by atoms with van der Waals surface area (Å²) >= 11 is 0. The lowest BCUT2D eigenvalue weighted by molar-refractivity contribution is 0.448. The monoisotopic (exact) mass is 661 g/mol. The van der Waals surface area contributed by atoms with E-state index in [1.54, 1.807) is 24.3 Å². The molecule has 2 aromatic heterocycles. The minimum absolute atomic E-state index is 0.0456. The summed E-state index contributed by atoms with van der Waals surface area (Å²) in [6.45, 7) is -4.59. The molecular formula is C45H40N4O. The molecule has 0 spiro atoms. The molecule has 0 unspecified atom stereocenters. The number of aromatic nitrogens is 3. The van der Waals surface area contributed by atoms with Crippen LogP contribution in [0.5, 0.6) is 5.75 Å². The van der Waals surface area contributed by atoms with Crippen LogP contribution in [0.25, 0.3) is 61.6 Å². The minimum Gasteiger partial charge on any atom is -0.507 e. The molecule has 2 heterocycles. The van der Waals surface area contributed by atoms with Crippen molar-refractivity contribution in [3.63, 3.8) is 0 Å². The van der Waals surface area contributed by atoms with Crippen molar-refractivity contribution >= 4 is 11.0 Å². The predicted octanol–water partition coefficient (Wildman–Crippen LogP) is 11.3. The third-order valence-electron chi connectivity index (χ3n) is 8.87. The van der Waals surface area contributed by atoms with Crippen LogP contribution in [0.15, 0.2) is 128 Å². The average Bonchev–Trinajstić information content (AvgIpc) is 3.55. The van der Waals surface area contributed by atoms with Gasteiger partial charge in [0, 0.05) is 35.2 Å². The molecule has 5 nitrogen and oxygen atoms in total. The van der Waals surface area contributed by atoms with Crippen LogP contribution in [0.1, 0.15) is 70.4 Å². The normalized spacial score (nSPS) is 15.3. The highest BCUT2D eigenvalue weighted by molar-refractivity contribution is 5.97. The summed E-state index contributed by atoms with van der Waals surface area (Å²) < 4.78 is 78.8. The summed E-state index contributed by atoms with van der Waals surface area (Å²) in [5, 5.41) is 21.4. The second-order valence-corrected chi connectivity index (χ2v) is 13.4. The molecular weight excluding hydrogens is 613 g/mol. The molecule has 5 heteroatoms. The van der Waals surface area contributed by atoms with E-state index in [2.05, 4.69) is 4.98 Å². The molecule has 7 aromatic rings. The van der Waals surface area contributed by atoms with Gasteiger partial charge in [-0.05, 0) is 75.5 Å². The molecule has 0 bridgehead atoms. The van der Waals surface area contributed by atoms with Crippen LogP contribution in [-0.4, -0.2) is 19.6 Å². The summed E-state index contributed by atoms with van der Waals surface area (Å²) in [4.78, 5) is 9.64. The van der Waals surface area contributed by atoms with Gasteiger partial charge in [0.2, 0.25) is 0 Å². The van der Waals surface area contributed by atoms with Crippen molar-refractivity contribution < 1.29 is 17.4 Å². The molecule has 50 heavy (non-hydrogen) atoms. The number of phenols is 1. The smallest absolute Gasteiger partial charge is 0.149 e. The first-order valence-electron chi connectivity index (χ1n) is 20.7. The number of fused-ring (bicyclic) bond motifs is 1. The van der Waals surface area contributed by atoms with Crippen molar-refractivity contribution in [1.82, 2.24) is 14.5 Å². The third kappa shape index (κ3) is 5.95. The Morgan fingerprint density at radius 3 is 2.12 bits per heavy atom. The van der Waals surface area contributed by atoms with Crippen LogP contribution in [0.2, 0.25) is 0 Å². The fraction of sp³-hybridized carbons (Fsp3) is 0.178. The van der Waals surface area contributed by atoms with Crippen molar-refractivity contribution in [2.45, 2.75) is 52.2 Å². The first-order chi connectivity index (χ1) is 27.7. The number of nitriles is 1. The lowest BCUT2D eigenvalue weighted by atomic mass is 9.83. The van der Waals surface area contributed by atoms with E-state index in [0.717, 1.165) is 16.8 Å². The van der Waals surface area contributed by atoms with Crippen LogP contribution in [-0.2, 0) is 10.8 Å². The molecule has 0 radical (unpaired) electrons. The van der Waals surface area contributed by atoms with Gasteiger partial charge < -0.3 is 5.11 Å². The Labute approximate surface area is 306 Å². The number of hydrogen-bond acceptors (Lipinski definition) is 4. The summed E-state index contributed by atoms with van der Waals surface area (Å²) in [5.41, 5.74) is 1.93. The number of para-hydroxylation sites is 3. The lowest BCUT2D eigenvalue weighted by Crippen LogP contribution is -2.11. The molecule has 7 rings (SSSR count). The highest BCUT2D eigenvalue weighted by atomic mass is 16.3. The van der Waals surface area contributed by atoms with E-state index in [9.17, 15) is 10.4 Å². The number of hydrogen-bond donors (Lipinski definition) is 1. The van der Waals surface area contributed by atoms with Crippen LogP contribution in [0.3, 0.4) is 0 Å².